The zero-order valence-corrected chi connectivity index (χ0v) is 17.0. The van der Waals surface area contributed by atoms with Gasteiger partial charge in [-0.05, 0) is 73.4 Å². The van der Waals surface area contributed by atoms with Crippen molar-refractivity contribution in [3.63, 3.8) is 0 Å². The summed E-state index contributed by atoms with van der Waals surface area (Å²) in [6.45, 7) is 3.39. The largest absolute Gasteiger partial charge is 0.369 e. The van der Waals surface area contributed by atoms with Crippen LogP contribution in [0.15, 0.2) is 65.1 Å². The predicted octanol–water partition coefficient (Wildman–Crippen LogP) is 6.23. The van der Waals surface area contributed by atoms with E-state index in [1.165, 1.54) is 24.9 Å². The Balaban J connectivity index is 1.54. The summed E-state index contributed by atoms with van der Waals surface area (Å²) in [5.74, 6) is -0.0854. The number of halogens is 1. The molecule has 3 nitrogen and oxygen atoms in total. The lowest BCUT2D eigenvalue weighted by Crippen LogP contribution is -2.37. The Morgan fingerprint density at radius 1 is 1.00 bits per heavy atom. The molecule has 1 atom stereocenters. The number of rotatable bonds is 3. The molecule has 1 aliphatic rings. The molecule has 0 aliphatic carbocycles. The van der Waals surface area contributed by atoms with E-state index in [4.69, 9.17) is 0 Å². The second-order valence-electron chi connectivity index (χ2n) is 7.18. The average molecular weight is 423 g/mol. The first-order chi connectivity index (χ1) is 13.1. The van der Waals surface area contributed by atoms with Gasteiger partial charge in [-0.1, -0.05) is 40.2 Å². The molecule has 4 heteroatoms. The summed E-state index contributed by atoms with van der Waals surface area (Å²) >= 11 is 3.56. The second kappa shape index (κ2) is 7.73. The van der Waals surface area contributed by atoms with E-state index in [-0.39, 0.29) is 5.91 Å². The molecule has 1 aliphatic heterocycles. The monoisotopic (exact) mass is 422 g/mol. The Kier molecular flexibility index (Phi) is 5.17. The van der Waals surface area contributed by atoms with Gasteiger partial charge in [-0.25, -0.2) is 0 Å². The number of piperidine rings is 1. The van der Waals surface area contributed by atoms with Crippen molar-refractivity contribution < 1.29 is 4.79 Å². The number of benzene rings is 3. The molecule has 3 aromatic rings. The molecule has 0 radical (unpaired) electrons. The van der Waals surface area contributed by atoms with Crippen LogP contribution >= 0.6 is 15.9 Å². The molecule has 1 heterocycles. The number of nitrogens with one attached hydrogen (secondary N) is 1. The minimum atomic E-state index is -0.0854. The smallest absolute Gasteiger partial charge is 0.256 e. The van der Waals surface area contributed by atoms with Gasteiger partial charge in [-0.3, -0.25) is 4.79 Å². The van der Waals surface area contributed by atoms with Crippen LogP contribution in [0, 0.1) is 0 Å². The molecule has 1 amide bonds. The lowest BCUT2D eigenvalue weighted by Gasteiger charge is -2.35. The molecule has 3 aromatic carbocycles. The highest BCUT2D eigenvalue weighted by molar-refractivity contribution is 9.10. The highest BCUT2D eigenvalue weighted by Gasteiger charge is 2.18. The van der Waals surface area contributed by atoms with Crippen molar-refractivity contribution in [3.8, 4) is 0 Å². The van der Waals surface area contributed by atoms with E-state index in [0.717, 1.165) is 27.5 Å². The van der Waals surface area contributed by atoms with Crippen LogP contribution in [-0.4, -0.2) is 18.5 Å². The molecular formula is C23H23BrN2O. The van der Waals surface area contributed by atoms with E-state index in [0.29, 0.717) is 11.6 Å². The van der Waals surface area contributed by atoms with Crippen molar-refractivity contribution in [1.29, 1.82) is 0 Å². The first-order valence-corrected chi connectivity index (χ1v) is 10.3. The van der Waals surface area contributed by atoms with Crippen LogP contribution in [0.1, 0.15) is 36.5 Å². The fourth-order valence-electron chi connectivity index (χ4n) is 3.89. The third kappa shape index (κ3) is 3.72. The number of hydrogen-bond donors (Lipinski definition) is 1. The molecule has 27 heavy (non-hydrogen) atoms. The van der Waals surface area contributed by atoms with Gasteiger partial charge < -0.3 is 10.2 Å². The number of amides is 1. The summed E-state index contributed by atoms with van der Waals surface area (Å²) in [7, 11) is 0. The van der Waals surface area contributed by atoms with Crippen LogP contribution in [0.2, 0.25) is 0 Å². The Morgan fingerprint density at radius 2 is 1.74 bits per heavy atom. The maximum Gasteiger partial charge on any atom is 0.256 e. The summed E-state index contributed by atoms with van der Waals surface area (Å²) in [6, 6.07) is 20.5. The highest BCUT2D eigenvalue weighted by Crippen LogP contribution is 2.28. The molecule has 4 rings (SSSR count). The van der Waals surface area contributed by atoms with Crippen molar-refractivity contribution in [2.45, 2.75) is 32.2 Å². The molecular weight excluding hydrogens is 400 g/mol. The average Bonchev–Trinajstić information content (AvgIpc) is 2.69. The second-order valence-corrected chi connectivity index (χ2v) is 8.03. The molecule has 0 saturated carbocycles. The Labute approximate surface area is 168 Å². The summed E-state index contributed by atoms with van der Waals surface area (Å²) < 4.78 is 0.995. The topological polar surface area (TPSA) is 32.3 Å². The van der Waals surface area contributed by atoms with Gasteiger partial charge in [0.1, 0.15) is 0 Å². The molecule has 0 spiro atoms. The summed E-state index contributed by atoms with van der Waals surface area (Å²) in [5.41, 5.74) is 2.73. The molecule has 0 aromatic heterocycles. The zero-order chi connectivity index (χ0) is 18.8. The normalized spacial score (nSPS) is 17.1. The summed E-state index contributed by atoms with van der Waals surface area (Å²) in [4.78, 5) is 15.3. The van der Waals surface area contributed by atoms with Gasteiger partial charge in [0.25, 0.3) is 5.91 Å². The molecule has 1 N–H and O–H groups in total. The van der Waals surface area contributed by atoms with Gasteiger partial charge in [0.05, 0.1) is 0 Å². The Morgan fingerprint density at radius 3 is 2.52 bits per heavy atom. The van der Waals surface area contributed by atoms with Crippen molar-refractivity contribution >= 4 is 44.0 Å². The number of nitrogens with zero attached hydrogens (tertiary/aromatic N) is 1. The van der Waals surface area contributed by atoms with Gasteiger partial charge in [0.2, 0.25) is 0 Å². The zero-order valence-electron chi connectivity index (χ0n) is 15.4. The van der Waals surface area contributed by atoms with Gasteiger partial charge in [0, 0.05) is 34.0 Å². The Hall–Kier alpha value is -2.33. The van der Waals surface area contributed by atoms with Gasteiger partial charge >= 0.3 is 0 Å². The predicted molar refractivity (Wildman–Crippen MR) is 117 cm³/mol. The highest BCUT2D eigenvalue weighted by atomic mass is 79.9. The number of anilines is 2. The number of fused-ring (bicyclic) bond motifs is 1. The molecule has 0 bridgehead atoms. The van der Waals surface area contributed by atoms with Gasteiger partial charge in [0.15, 0.2) is 0 Å². The first kappa shape index (κ1) is 18.1. The number of carbonyl (C=O) groups excluding carboxylic acids is 1. The third-order valence-corrected chi connectivity index (χ3v) is 6.06. The van der Waals surface area contributed by atoms with Crippen molar-refractivity contribution in [3.05, 3.63) is 70.7 Å². The van der Waals surface area contributed by atoms with E-state index in [2.05, 4.69) is 45.2 Å². The van der Waals surface area contributed by atoms with Gasteiger partial charge in [-0.15, -0.1) is 0 Å². The SMILES string of the molecule is CC1CCCCN1c1ccc(NC(=O)c2cccc3c(Br)cccc23)cc1. The van der Waals surface area contributed by atoms with Crippen LogP contribution in [0.4, 0.5) is 11.4 Å². The van der Waals surface area contributed by atoms with E-state index in [9.17, 15) is 4.79 Å². The van der Waals surface area contributed by atoms with Gasteiger partial charge in [-0.2, -0.15) is 0 Å². The lowest BCUT2D eigenvalue weighted by atomic mass is 10.0. The van der Waals surface area contributed by atoms with Crippen LogP contribution in [-0.2, 0) is 0 Å². The maximum absolute atomic E-state index is 12.8. The fourth-order valence-corrected chi connectivity index (χ4v) is 4.38. The van der Waals surface area contributed by atoms with Crippen molar-refractivity contribution in [1.82, 2.24) is 0 Å². The molecule has 1 saturated heterocycles. The van der Waals surface area contributed by atoms with E-state index < -0.39 is 0 Å². The van der Waals surface area contributed by atoms with E-state index in [1.807, 2.05) is 48.5 Å². The van der Waals surface area contributed by atoms with E-state index in [1.54, 1.807) is 0 Å². The molecule has 1 fully saturated rings. The van der Waals surface area contributed by atoms with Crippen LogP contribution < -0.4 is 10.2 Å². The molecule has 1 unspecified atom stereocenters. The van der Waals surface area contributed by atoms with Crippen molar-refractivity contribution in [2.24, 2.45) is 0 Å². The van der Waals surface area contributed by atoms with Crippen LogP contribution in [0.5, 0.6) is 0 Å². The summed E-state index contributed by atoms with van der Waals surface area (Å²) in [6.07, 6.45) is 3.81. The standard InChI is InChI=1S/C23H23BrN2O/c1-16-6-2-3-15-26(16)18-13-11-17(12-14-18)25-23(27)21-9-4-8-20-19(21)7-5-10-22(20)24/h4-5,7-14,16H,2-3,6,15H2,1H3,(H,25,27). The third-order valence-electron chi connectivity index (χ3n) is 5.37. The first-order valence-electron chi connectivity index (χ1n) is 9.49. The quantitative estimate of drug-likeness (QED) is 0.541. The fraction of sp³-hybridized carbons (Fsp3) is 0.261. The Bertz CT molecular complexity index is 968. The van der Waals surface area contributed by atoms with Crippen LogP contribution in [0.25, 0.3) is 10.8 Å². The van der Waals surface area contributed by atoms with E-state index >= 15 is 0 Å². The minimum absolute atomic E-state index is 0.0854. The van der Waals surface area contributed by atoms with Crippen LogP contribution in [0.3, 0.4) is 0 Å². The minimum Gasteiger partial charge on any atom is -0.369 e. The summed E-state index contributed by atoms with van der Waals surface area (Å²) in [5, 5.41) is 5.03. The maximum atomic E-state index is 12.8. The lowest BCUT2D eigenvalue weighted by molar-refractivity contribution is 0.102. The number of hydrogen-bond acceptors (Lipinski definition) is 2. The number of carbonyl (C=O) groups is 1. The van der Waals surface area contributed by atoms with Crippen molar-refractivity contribution in [2.75, 3.05) is 16.8 Å². The molecule has 138 valence electrons.